The van der Waals surface area contributed by atoms with E-state index < -0.39 is 4.92 Å². The predicted molar refractivity (Wildman–Crippen MR) is 138 cm³/mol. The van der Waals surface area contributed by atoms with Crippen molar-refractivity contribution in [2.45, 2.75) is 13.5 Å². The van der Waals surface area contributed by atoms with Crippen molar-refractivity contribution in [2.24, 2.45) is 0 Å². The maximum Gasteiger partial charge on any atom is 0.320 e. The molecule has 1 N–H and O–H groups in total. The molecule has 0 aromatic heterocycles. The summed E-state index contributed by atoms with van der Waals surface area (Å²) in [5.41, 5.74) is 3.11. The number of esters is 1. The van der Waals surface area contributed by atoms with Gasteiger partial charge in [0.15, 0.2) is 5.78 Å². The molecule has 1 aliphatic heterocycles. The molecule has 186 valence electrons. The van der Waals surface area contributed by atoms with Gasteiger partial charge in [0.25, 0.3) is 5.69 Å². The van der Waals surface area contributed by atoms with Crippen LogP contribution in [-0.4, -0.2) is 54.3 Å². The predicted octanol–water partition coefficient (Wildman–Crippen LogP) is 4.41. The zero-order valence-electron chi connectivity index (χ0n) is 20.1. The molecule has 3 aromatic rings. The molecule has 3 aromatic carbocycles. The van der Waals surface area contributed by atoms with Gasteiger partial charge in [-0.3, -0.25) is 24.6 Å². The zero-order valence-corrected chi connectivity index (χ0v) is 20.1. The van der Waals surface area contributed by atoms with E-state index in [1.165, 1.54) is 13.0 Å². The molecule has 0 amide bonds. The molecule has 0 unspecified atom stereocenters. The van der Waals surface area contributed by atoms with E-state index in [-0.39, 0.29) is 30.6 Å². The second kappa shape index (κ2) is 11.5. The Kier molecular flexibility index (Phi) is 7.92. The number of piperazine rings is 1. The van der Waals surface area contributed by atoms with E-state index in [1.54, 1.807) is 12.1 Å². The third-order valence-electron chi connectivity index (χ3n) is 6.06. The van der Waals surface area contributed by atoms with Crippen molar-refractivity contribution >= 4 is 34.5 Å². The number of hydrogen-bond acceptors (Lipinski definition) is 8. The van der Waals surface area contributed by atoms with Gasteiger partial charge in [-0.2, -0.15) is 0 Å². The van der Waals surface area contributed by atoms with Crippen LogP contribution in [0.5, 0.6) is 0 Å². The van der Waals surface area contributed by atoms with Gasteiger partial charge in [-0.1, -0.05) is 36.4 Å². The standard InChI is InChI=1S/C27H28N4O5/c1-20(32)22-10-11-25(26(16-22)31(34)35)28-23-8-5-9-24(17-23)30-14-12-29(13-15-30)18-27(33)36-19-21-6-3-2-4-7-21/h2-11,16-17,28H,12-15,18-19H2,1H3. The molecule has 1 heterocycles. The molecule has 36 heavy (non-hydrogen) atoms. The molecule has 4 rings (SSSR count). The van der Waals surface area contributed by atoms with Crippen LogP contribution in [0.1, 0.15) is 22.8 Å². The summed E-state index contributed by atoms with van der Waals surface area (Å²) >= 11 is 0. The lowest BCUT2D eigenvalue weighted by Crippen LogP contribution is -2.48. The number of nitro benzene ring substituents is 1. The average Bonchev–Trinajstić information content (AvgIpc) is 2.88. The number of ether oxygens (including phenoxy) is 1. The second-order valence-electron chi connectivity index (χ2n) is 8.63. The summed E-state index contributed by atoms with van der Waals surface area (Å²) in [6.45, 7) is 4.82. The molecular formula is C27H28N4O5. The minimum absolute atomic E-state index is 0.152. The molecule has 1 aliphatic rings. The molecule has 0 saturated carbocycles. The Hall–Kier alpha value is -4.24. The quantitative estimate of drug-likeness (QED) is 0.204. The van der Waals surface area contributed by atoms with Gasteiger partial charge in [0, 0.05) is 49.2 Å². The van der Waals surface area contributed by atoms with Gasteiger partial charge >= 0.3 is 5.97 Å². The summed E-state index contributed by atoms with van der Waals surface area (Å²) in [4.78, 5) is 39.2. The van der Waals surface area contributed by atoms with Crippen LogP contribution in [-0.2, 0) is 16.1 Å². The molecule has 0 atom stereocenters. The highest BCUT2D eigenvalue weighted by Crippen LogP contribution is 2.30. The maximum absolute atomic E-state index is 12.2. The van der Waals surface area contributed by atoms with Crippen LogP contribution < -0.4 is 10.2 Å². The summed E-state index contributed by atoms with van der Waals surface area (Å²) in [5, 5.41) is 14.6. The number of carbonyl (C=O) groups is 2. The lowest BCUT2D eigenvalue weighted by atomic mass is 10.1. The van der Waals surface area contributed by atoms with E-state index in [4.69, 9.17) is 4.74 Å². The first-order chi connectivity index (χ1) is 17.4. The number of nitrogens with one attached hydrogen (secondary N) is 1. The van der Waals surface area contributed by atoms with Gasteiger partial charge in [0.2, 0.25) is 0 Å². The Morgan fingerprint density at radius 1 is 0.972 bits per heavy atom. The van der Waals surface area contributed by atoms with E-state index in [0.29, 0.717) is 16.9 Å². The van der Waals surface area contributed by atoms with Gasteiger partial charge in [-0.25, -0.2) is 0 Å². The zero-order chi connectivity index (χ0) is 25.5. The number of nitro groups is 1. The van der Waals surface area contributed by atoms with Crippen molar-refractivity contribution in [1.82, 2.24) is 4.90 Å². The van der Waals surface area contributed by atoms with Crippen LogP contribution >= 0.6 is 0 Å². The third-order valence-corrected chi connectivity index (χ3v) is 6.06. The molecule has 0 bridgehead atoms. The molecule has 9 heteroatoms. The molecule has 1 saturated heterocycles. The molecule has 1 fully saturated rings. The monoisotopic (exact) mass is 488 g/mol. The van der Waals surface area contributed by atoms with Crippen molar-refractivity contribution in [3.63, 3.8) is 0 Å². The fourth-order valence-corrected chi connectivity index (χ4v) is 4.07. The molecule has 0 aliphatic carbocycles. The summed E-state index contributed by atoms with van der Waals surface area (Å²) in [6, 6.07) is 21.7. The van der Waals surface area contributed by atoms with Gasteiger partial charge in [0.1, 0.15) is 12.3 Å². The number of Topliss-reactive ketones (excluding diaryl/α,β-unsaturated/α-hetero) is 1. The van der Waals surface area contributed by atoms with Gasteiger partial charge in [0.05, 0.1) is 11.5 Å². The van der Waals surface area contributed by atoms with E-state index in [9.17, 15) is 19.7 Å². The number of carbonyl (C=O) groups excluding carboxylic acids is 2. The van der Waals surface area contributed by atoms with Crippen molar-refractivity contribution in [2.75, 3.05) is 42.9 Å². The Bertz CT molecular complexity index is 1240. The van der Waals surface area contributed by atoms with Crippen molar-refractivity contribution < 1.29 is 19.2 Å². The number of nitrogens with zero attached hydrogens (tertiary/aromatic N) is 3. The summed E-state index contributed by atoms with van der Waals surface area (Å²) in [7, 11) is 0. The highest BCUT2D eigenvalue weighted by Gasteiger charge is 2.21. The normalized spacial score (nSPS) is 13.8. The van der Waals surface area contributed by atoms with Crippen LogP contribution in [0, 0.1) is 10.1 Å². The van der Waals surface area contributed by atoms with Crippen LogP contribution in [0.4, 0.5) is 22.7 Å². The summed E-state index contributed by atoms with van der Waals surface area (Å²) < 4.78 is 5.39. The van der Waals surface area contributed by atoms with Crippen LogP contribution in [0.15, 0.2) is 72.8 Å². The highest BCUT2D eigenvalue weighted by atomic mass is 16.6. The Morgan fingerprint density at radius 3 is 2.42 bits per heavy atom. The Morgan fingerprint density at radius 2 is 1.72 bits per heavy atom. The minimum Gasteiger partial charge on any atom is -0.460 e. The number of benzene rings is 3. The lowest BCUT2D eigenvalue weighted by Gasteiger charge is -2.35. The fraction of sp³-hybridized carbons (Fsp3) is 0.259. The third kappa shape index (κ3) is 6.45. The lowest BCUT2D eigenvalue weighted by molar-refractivity contribution is -0.383. The van der Waals surface area contributed by atoms with Crippen LogP contribution in [0.2, 0.25) is 0 Å². The second-order valence-corrected chi connectivity index (χ2v) is 8.63. The van der Waals surface area contributed by atoms with Crippen molar-refractivity contribution in [1.29, 1.82) is 0 Å². The van der Waals surface area contributed by atoms with Crippen molar-refractivity contribution in [3.05, 3.63) is 94.0 Å². The molecule has 0 spiro atoms. The fourth-order valence-electron chi connectivity index (χ4n) is 4.07. The molecular weight excluding hydrogens is 460 g/mol. The number of hydrogen-bond donors (Lipinski definition) is 1. The first-order valence-electron chi connectivity index (χ1n) is 11.7. The maximum atomic E-state index is 12.2. The Labute approximate surface area is 209 Å². The Balaban J connectivity index is 1.33. The van der Waals surface area contributed by atoms with Gasteiger partial charge in [-0.05, 0) is 42.8 Å². The largest absolute Gasteiger partial charge is 0.460 e. The molecule has 9 nitrogen and oxygen atoms in total. The highest BCUT2D eigenvalue weighted by molar-refractivity contribution is 5.95. The minimum atomic E-state index is -0.497. The number of ketones is 1. The van der Waals surface area contributed by atoms with Gasteiger partial charge < -0.3 is 15.0 Å². The first-order valence-corrected chi connectivity index (χ1v) is 11.7. The SMILES string of the molecule is CC(=O)c1ccc(Nc2cccc(N3CCN(CC(=O)OCc4ccccc4)CC3)c2)c([N+](=O)[O-])c1. The first kappa shape index (κ1) is 24.9. The molecule has 0 radical (unpaired) electrons. The van der Waals surface area contributed by atoms with E-state index in [2.05, 4.69) is 15.1 Å². The summed E-state index contributed by atoms with van der Waals surface area (Å²) in [5.74, 6) is -0.467. The average molecular weight is 489 g/mol. The van der Waals surface area contributed by atoms with E-state index in [0.717, 1.165) is 37.4 Å². The van der Waals surface area contributed by atoms with Crippen molar-refractivity contribution in [3.8, 4) is 0 Å². The smallest absolute Gasteiger partial charge is 0.320 e. The van der Waals surface area contributed by atoms with Crippen LogP contribution in [0.3, 0.4) is 0 Å². The summed E-state index contributed by atoms with van der Waals surface area (Å²) in [6.07, 6.45) is 0. The topological polar surface area (TPSA) is 105 Å². The van der Waals surface area contributed by atoms with E-state index >= 15 is 0 Å². The van der Waals surface area contributed by atoms with Crippen LogP contribution in [0.25, 0.3) is 0 Å². The number of anilines is 3. The van der Waals surface area contributed by atoms with Gasteiger partial charge in [-0.15, -0.1) is 0 Å². The number of rotatable bonds is 9. The van der Waals surface area contributed by atoms with E-state index in [1.807, 2.05) is 54.6 Å².